The lowest BCUT2D eigenvalue weighted by molar-refractivity contribution is -0.126. The predicted molar refractivity (Wildman–Crippen MR) is 84.4 cm³/mol. The van der Waals surface area contributed by atoms with Gasteiger partial charge in [0.2, 0.25) is 5.91 Å². The molecular formula is C16H33N3O. The Morgan fingerprint density at radius 2 is 1.85 bits per heavy atom. The molecule has 4 nitrogen and oxygen atoms in total. The summed E-state index contributed by atoms with van der Waals surface area (Å²) in [7, 11) is 4.18. The van der Waals surface area contributed by atoms with E-state index in [1.54, 1.807) is 0 Å². The van der Waals surface area contributed by atoms with Crippen LogP contribution in [0, 0.1) is 17.8 Å². The number of hydrogen-bond donors (Lipinski definition) is 2. The minimum Gasteiger partial charge on any atom is -0.354 e. The fourth-order valence-corrected chi connectivity index (χ4v) is 3.04. The average molecular weight is 283 g/mol. The number of amides is 1. The van der Waals surface area contributed by atoms with Gasteiger partial charge in [0.05, 0.1) is 0 Å². The van der Waals surface area contributed by atoms with Crippen molar-refractivity contribution in [2.24, 2.45) is 23.5 Å². The van der Waals surface area contributed by atoms with Crippen molar-refractivity contribution < 1.29 is 4.79 Å². The molecule has 1 aliphatic rings. The highest BCUT2D eigenvalue weighted by Crippen LogP contribution is 2.28. The zero-order chi connectivity index (χ0) is 15.1. The van der Waals surface area contributed by atoms with Crippen LogP contribution in [-0.2, 0) is 4.79 Å². The highest BCUT2D eigenvalue weighted by Gasteiger charge is 2.26. The van der Waals surface area contributed by atoms with Gasteiger partial charge in [-0.05, 0) is 64.6 Å². The van der Waals surface area contributed by atoms with Crippen LogP contribution in [-0.4, -0.2) is 44.0 Å². The van der Waals surface area contributed by atoms with E-state index in [1.807, 2.05) is 0 Å². The molecule has 0 radical (unpaired) electrons. The SMILES string of the molecule is CC(C)CC(CNC(=O)C1CCC(CN)CC1)N(C)C. The van der Waals surface area contributed by atoms with E-state index in [2.05, 4.69) is 38.2 Å². The molecule has 1 unspecified atom stereocenters. The third kappa shape index (κ3) is 5.80. The molecule has 20 heavy (non-hydrogen) atoms. The molecule has 1 aliphatic carbocycles. The fraction of sp³-hybridized carbons (Fsp3) is 0.938. The van der Waals surface area contributed by atoms with Gasteiger partial charge in [0.15, 0.2) is 0 Å². The summed E-state index contributed by atoms with van der Waals surface area (Å²) in [5.74, 6) is 1.74. The first-order valence-electron chi connectivity index (χ1n) is 8.08. The molecule has 0 spiro atoms. The molecule has 1 fully saturated rings. The maximum absolute atomic E-state index is 12.2. The number of nitrogens with two attached hydrogens (primary N) is 1. The van der Waals surface area contributed by atoms with Gasteiger partial charge in [0.1, 0.15) is 0 Å². The predicted octanol–water partition coefficient (Wildman–Crippen LogP) is 1.84. The smallest absolute Gasteiger partial charge is 0.223 e. The summed E-state index contributed by atoms with van der Waals surface area (Å²) in [6.45, 7) is 5.99. The number of carbonyl (C=O) groups excluding carboxylic acids is 1. The van der Waals surface area contributed by atoms with Crippen molar-refractivity contribution in [3.05, 3.63) is 0 Å². The molecular weight excluding hydrogens is 250 g/mol. The summed E-state index contributed by atoms with van der Waals surface area (Å²) in [5.41, 5.74) is 5.70. The minimum absolute atomic E-state index is 0.208. The van der Waals surface area contributed by atoms with Crippen molar-refractivity contribution in [2.45, 2.75) is 52.0 Å². The average Bonchev–Trinajstić information content (AvgIpc) is 2.42. The lowest BCUT2D eigenvalue weighted by Gasteiger charge is -2.29. The highest BCUT2D eigenvalue weighted by atomic mass is 16.1. The Balaban J connectivity index is 2.34. The van der Waals surface area contributed by atoms with Gasteiger partial charge < -0.3 is 16.0 Å². The van der Waals surface area contributed by atoms with E-state index < -0.39 is 0 Å². The number of likely N-dealkylation sites (N-methyl/N-ethyl adjacent to an activating group) is 1. The first-order chi connectivity index (χ1) is 9.43. The third-order valence-corrected chi connectivity index (χ3v) is 4.54. The second-order valence-corrected chi connectivity index (χ2v) is 6.95. The lowest BCUT2D eigenvalue weighted by Crippen LogP contribution is -2.43. The molecule has 0 aromatic rings. The van der Waals surface area contributed by atoms with Crippen LogP contribution < -0.4 is 11.1 Å². The molecule has 1 rings (SSSR count). The molecule has 118 valence electrons. The van der Waals surface area contributed by atoms with E-state index in [-0.39, 0.29) is 11.8 Å². The van der Waals surface area contributed by atoms with Crippen molar-refractivity contribution in [1.82, 2.24) is 10.2 Å². The van der Waals surface area contributed by atoms with Gasteiger partial charge >= 0.3 is 0 Å². The monoisotopic (exact) mass is 283 g/mol. The zero-order valence-corrected chi connectivity index (χ0v) is 13.7. The number of hydrogen-bond acceptors (Lipinski definition) is 3. The molecule has 4 heteroatoms. The third-order valence-electron chi connectivity index (χ3n) is 4.54. The molecule has 0 bridgehead atoms. The van der Waals surface area contributed by atoms with Crippen LogP contribution in [0.4, 0.5) is 0 Å². The largest absolute Gasteiger partial charge is 0.354 e. The molecule has 1 saturated carbocycles. The van der Waals surface area contributed by atoms with Gasteiger partial charge in [-0.25, -0.2) is 0 Å². The van der Waals surface area contributed by atoms with E-state index in [9.17, 15) is 4.79 Å². The maximum atomic E-state index is 12.2. The molecule has 0 heterocycles. The summed E-state index contributed by atoms with van der Waals surface area (Å²) in [6.07, 6.45) is 5.34. The fourth-order valence-electron chi connectivity index (χ4n) is 3.04. The van der Waals surface area contributed by atoms with Crippen LogP contribution in [0.15, 0.2) is 0 Å². The summed E-state index contributed by atoms with van der Waals surface area (Å²) >= 11 is 0. The molecule has 0 aromatic heterocycles. The van der Waals surface area contributed by atoms with Crippen molar-refractivity contribution in [3.63, 3.8) is 0 Å². The molecule has 1 atom stereocenters. The highest BCUT2D eigenvalue weighted by molar-refractivity contribution is 5.78. The van der Waals surface area contributed by atoms with Crippen LogP contribution in [0.2, 0.25) is 0 Å². The Labute approximate surface area is 124 Å². The van der Waals surface area contributed by atoms with Crippen LogP contribution in [0.25, 0.3) is 0 Å². The summed E-state index contributed by atoms with van der Waals surface area (Å²) in [6, 6.07) is 0.430. The Morgan fingerprint density at radius 3 is 2.30 bits per heavy atom. The number of carbonyl (C=O) groups is 1. The molecule has 3 N–H and O–H groups in total. The van der Waals surface area contributed by atoms with Crippen molar-refractivity contribution >= 4 is 5.91 Å². The van der Waals surface area contributed by atoms with Gasteiger partial charge in [-0.3, -0.25) is 4.79 Å². The number of nitrogens with zero attached hydrogens (tertiary/aromatic N) is 1. The molecule has 0 saturated heterocycles. The standard InChI is InChI=1S/C16H33N3O/c1-12(2)9-15(19(3)4)11-18-16(20)14-7-5-13(10-17)6-8-14/h12-15H,5-11,17H2,1-4H3,(H,18,20). The van der Waals surface area contributed by atoms with Gasteiger partial charge in [-0.15, -0.1) is 0 Å². The zero-order valence-electron chi connectivity index (χ0n) is 13.7. The number of rotatable bonds is 7. The van der Waals surface area contributed by atoms with Gasteiger partial charge in [-0.1, -0.05) is 13.8 Å². The Hall–Kier alpha value is -0.610. The second-order valence-electron chi connectivity index (χ2n) is 6.95. The maximum Gasteiger partial charge on any atom is 0.223 e. The van der Waals surface area contributed by atoms with Crippen LogP contribution in [0.3, 0.4) is 0 Å². The van der Waals surface area contributed by atoms with Crippen LogP contribution >= 0.6 is 0 Å². The van der Waals surface area contributed by atoms with Crippen molar-refractivity contribution in [3.8, 4) is 0 Å². The van der Waals surface area contributed by atoms with Crippen molar-refractivity contribution in [2.75, 3.05) is 27.2 Å². The first kappa shape index (κ1) is 17.4. The second kappa shape index (κ2) is 8.63. The topological polar surface area (TPSA) is 58.4 Å². The Bertz CT molecular complexity index is 283. The molecule has 1 amide bonds. The van der Waals surface area contributed by atoms with E-state index in [4.69, 9.17) is 5.73 Å². The summed E-state index contributed by atoms with van der Waals surface area (Å²) in [4.78, 5) is 14.5. The Kier molecular flexibility index (Phi) is 7.52. The molecule has 0 aromatic carbocycles. The van der Waals surface area contributed by atoms with Gasteiger partial charge in [-0.2, -0.15) is 0 Å². The van der Waals surface area contributed by atoms with Gasteiger partial charge in [0.25, 0.3) is 0 Å². The summed E-state index contributed by atoms with van der Waals surface area (Å²) < 4.78 is 0. The van der Waals surface area contributed by atoms with E-state index in [0.29, 0.717) is 17.9 Å². The quantitative estimate of drug-likeness (QED) is 0.749. The first-order valence-corrected chi connectivity index (χ1v) is 8.08. The van der Waals surface area contributed by atoms with E-state index in [1.165, 1.54) is 0 Å². The lowest BCUT2D eigenvalue weighted by atomic mass is 9.81. The van der Waals surface area contributed by atoms with Gasteiger partial charge in [0, 0.05) is 18.5 Å². The molecule has 0 aliphatic heterocycles. The van der Waals surface area contributed by atoms with E-state index in [0.717, 1.165) is 45.2 Å². The van der Waals surface area contributed by atoms with Crippen LogP contribution in [0.5, 0.6) is 0 Å². The van der Waals surface area contributed by atoms with Crippen molar-refractivity contribution in [1.29, 1.82) is 0 Å². The summed E-state index contributed by atoms with van der Waals surface area (Å²) in [5, 5.41) is 3.16. The number of nitrogens with one attached hydrogen (secondary N) is 1. The van der Waals surface area contributed by atoms with Crippen LogP contribution in [0.1, 0.15) is 46.0 Å². The van der Waals surface area contributed by atoms with E-state index >= 15 is 0 Å². The Morgan fingerprint density at radius 1 is 1.25 bits per heavy atom. The minimum atomic E-state index is 0.208. The normalized spacial score (nSPS) is 24.9.